The number of halogens is 1. The Morgan fingerprint density at radius 1 is 1.05 bits per heavy atom. The highest BCUT2D eigenvalue weighted by molar-refractivity contribution is 9.10. The fourth-order valence-electron chi connectivity index (χ4n) is 2.37. The second-order valence-electron chi connectivity index (χ2n) is 4.93. The number of hydrogen-bond acceptors (Lipinski definition) is 2. The predicted molar refractivity (Wildman–Crippen MR) is 91.6 cm³/mol. The van der Waals surface area contributed by atoms with Gasteiger partial charge in [0.1, 0.15) is 5.75 Å². The van der Waals surface area contributed by atoms with Crippen molar-refractivity contribution in [3.8, 4) is 5.75 Å². The number of para-hydroxylation sites is 1. The number of ether oxygens (including phenoxy) is 1. The lowest BCUT2D eigenvalue weighted by Crippen LogP contribution is -2.20. The summed E-state index contributed by atoms with van der Waals surface area (Å²) >= 11 is 3.48. The average Bonchev–Trinajstić information content (AvgIpc) is 2.51. The summed E-state index contributed by atoms with van der Waals surface area (Å²) in [5, 5.41) is 3.62. The lowest BCUT2D eigenvalue weighted by Gasteiger charge is -2.19. The zero-order valence-corrected chi connectivity index (χ0v) is 14.2. The van der Waals surface area contributed by atoms with Crippen molar-refractivity contribution in [2.45, 2.75) is 32.9 Å². The van der Waals surface area contributed by atoms with Crippen LogP contribution >= 0.6 is 15.9 Å². The van der Waals surface area contributed by atoms with E-state index in [9.17, 15) is 0 Å². The molecule has 0 fully saturated rings. The van der Waals surface area contributed by atoms with Crippen LogP contribution in [0.15, 0.2) is 53.0 Å². The summed E-state index contributed by atoms with van der Waals surface area (Å²) in [7, 11) is 0. The van der Waals surface area contributed by atoms with E-state index in [1.165, 1.54) is 11.1 Å². The summed E-state index contributed by atoms with van der Waals surface area (Å²) in [5.74, 6) is 0.971. The van der Waals surface area contributed by atoms with Crippen LogP contribution in [0.3, 0.4) is 0 Å². The van der Waals surface area contributed by atoms with E-state index in [1.54, 1.807) is 0 Å². The lowest BCUT2D eigenvalue weighted by molar-refractivity contribution is 0.334. The van der Waals surface area contributed by atoms with Gasteiger partial charge in [-0.05, 0) is 37.1 Å². The molecule has 2 aromatic carbocycles. The van der Waals surface area contributed by atoms with E-state index in [-0.39, 0.29) is 0 Å². The van der Waals surface area contributed by atoms with Crippen LogP contribution in [0.4, 0.5) is 0 Å². The third-order valence-corrected chi connectivity index (χ3v) is 4.02. The molecule has 0 heterocycles. The van der Waals surface area contributed by atoms with Gasteiger partial charge in [0.15, 0.2) is 0 Å². The van der Waals surface area contributed by atoms with Crippen LogP contribution in [0.2, 0.25) is 0 Å². The van der Waals surface area contributed by atoms with Crippen molar-refractivity contribution in [3.05, 3.63) is 64.1 Å². The molecular weight excluding hydrogens is 326 g/mol. The van der Waals surface area contributed by atoms with Gasteiger partial charge in [0.05, 0.1) is 6.61 Å². The van der Waals surface area contributed by atoms with Crippen LogP contribution < -0.4 is 10.1 Å². The fraction of sp³-hybridized carbons (Fsp3) is 0.333. The van der Waals surface area contributed by atoms with Gasteiger partial charge in [-0.1, -0.05) is 53.2 Å². The Morgan fingerprint density at radius 2 is 1.76 bits per heavy atom. The second-order valence-corrected chi connectivity index (χ2v) is 5.85. The maximum atomic E-state index is 5.68. The molecule has 0 saturated heterocycles. The van der Waals surface area contributed by atoms with Gasteiger partial charge < -0.3 is 10.1 Å². The third kappa shape index (κ3) is 4.58. The summed E-state index contributed by atoms with van der Waals surface area (Å²) in [6, 6.07) is 17.1. The van der Waals surface area contributed by atoms with E-state index in [0.29, 0.717) is 12.6 Å². The van der Waals surface area contributed by atoms with Gasteiger partial charge in [0, 0.05) is 22.6 Å². The van der Waals surface area contributed by atoms with E-state index in [0.717, 1.165) is 23.2 Å². The summed E-state index contributed by atoms with van der Waals surface area (Å²) in [6.45, 7) is 5.72. The SMILES string of the molecule is CCOc1ccccc1CNC(CC)c1ccc(Br)cc1. The van der Waals surface area contributed by atoms with Crippen LogP contribution in [0.25, 0.3) is 0 Å². The van der Waals surface area contributed by atoms with E-state index in [1.807, 2.05) is 19.1 Å². The molecule has 0 radical (unpaired) electrons. The molecule has 2 rings (SSSR count). The molecule has 21 heavy (non-hydrogen) atoms. The molecule has 0 saturated carbocycles. The van der Waals surface area contributed by atoms with Gasteiger partial charge in [-0.2, -0.15) is 0 Å². The zero-order chi connectivity index (χ0) is 15.1. The Morgan fingerprint density at radius 3 is 2.43 bits per heavy atom. The first-order valence-corrected chi connectivity index (χ1v) is 8.23. The van der Waals surface area contributed by atoms with Crippen molar-refractivity contribution in [1.82, 2.24) is 5.32 Å². The largest absolute Gasteiger partial charge is 0.494 e. The molecule has 2 nitrogen and oxygen atoms in total. The Hall–Kier alpha value is -1.32. The molecule has 0 aliphatic carbocycles. The van der Waals surface area contributed by atoms with Gasteiger partial charge in [0.25, 0.3) is 0 Å². The normalized spacial score (nSPS) is 12.1. The monoisotopic (exact) mass is 347 g/mol. The van der Waals surface area contributed by atoms with Gasteiger partial charge in [-0.3, -0.25) is 0 Å². The molecule has 112 valence electrons. The standard InChI is InChI=1S/C18H22BrNO/c1-3-17(14-9-11-16(19)12-10-14)20-13-15-7-5-6-8-18(15)21-4-2/h5-12,17,20H,3-4,13H2,1-2H3. The number of rotatable bonds is 7. The van der Waals surface area contributed by atoms with Gasteiger partial charge >= 0.3 is 0 Å². The van der Waals surface area contributed by atoms with E-state index >= 15 is 0 Å². The molecule has 1 N–H and O–H groups in total. The zero-order valence-electron chi connectivity index (χ0n) is 12.6. The van der Waals surface area contributed by atoms with Gasteiger partial charge in [-0.25, -0.2) is 0 Å². The molecule has 0 aliphatic rings. The topological polar surface area (TPSA) is 21.3 Å². The maximum absolute atomic E-state index is 5.68. The predicted octanol–water partition coefficient (Wildman–Crippen LogP) is 5.09. The van der Waals surface area contributed by atoms with Crippen molar-refractivity contribution in [2.75, 3.05) is 6.61 Å². The summed E-state index contributed by atoms with van der Waals surface area (Å²) in [5.41, 5.74) is 2.52. The molecule has 0 bridgehead atoms. The Labute approximate surface area is 135 Å². The Balaban J connectivity index is 2.05. The van der Waals surface area contributed by atoms with E-state index < -0.39 is 0 Å². The van der Waals surface area contributed by atoms with E-state index in [4.69, 9.17) is 4.74 Å². The first-order valence-electron chi connectivity index (χ1n) is 7.44. The molecule has 0 aliphatic heterocycles. The lowest BCUT2D eigenvalue weighted by atomic mass is 10.0. The van der Waals surface area contributed by atoms with Crippen LogP contribution in [-0.2, 0) is 6.54 Å². The molecular formula is C18H22BrNO. The molecule has 3 heteroatoms. The fourth-order valence-corrected chi connectivity index (χ4v) is 2.64. The van der Waals surface area contributed by atoms with Crippen molar-refractivity contribution < 1.29 is 4.74 Å². The molecule has 1 atom stereocenters. The summed E-state index contributed by atoms with van der Waals surface area (Å²) in [6.07, 6.45) is 1.05. The maximum Gasteiger partial charge on any atom is 0.123 e. The summed E-state index contributed by atoms with van der Waals surface area (Å²) < 4.78 is 6.79. The van der Waals surface area contributed by atoms with Crippen LogP contribution in [0.1, 0.15) is 37.4 Å². The van der Waals surface area contributed by atoms with Gasteiger partial charge in [0.2, 0.25) is 0 Å². The highest BCUT2D eigenvalue weighted by atomic mass is 79.9. The van der Waals surface area contributed by atoms with Gasteiger partial charge in [-0.15, -0.1) is 0 Å². The van der Waals surface area contributed by atoms with E-state index in [2.05, 4.69) is 64.6 Å². The highest BCUT2D eigenvalue weighted by Crippen LogP contribution is 2.22. The van der Waals surface area contributed by atoms with Crippen molar-refractivity contribution in [1.29, 1.82) is 0 Å². The quantitative estimate of drug-likeness (QED) is 0.753. The molecule has 0 amide bonds. The van der Waals surface area contributed by atoms with Crippen LogP contribution in [0.5, 0.6) is 5.75 Å². The van der Waals surface area contributed by atoms with Crippen molar-refractivity contribution >= 4 is 15.9 Å². The second kappa shape index (κ2) is 8.20. The Bertz CT molecular complexity index is 553. The number of hydrogen-bond donors (Lipinski definition) is 1. The van der Waals surface area contributed by atoms with Crippen molar-refractivity contribution in [2.24, 2.45) is 0 Å². The third-order valence-electron chi connectivity index (χ3n) is 3.49. The molecule has 0 aromatic heterocycles. The first-order chi connectivity index (χ1) is 10.2. The average molecular weight is 348 g/mol. The molecule has 1 unspecified atom stereocenters. The first kappa shape index (κ1) is 16.1. The minimum Gasteiger partial charge on any atom is -0.494 e. The number of nitrogens with one attached hydrogen (secondary N) is 1. The minimum absolute atomic E-state index is 0.354. The smallest absolute Gasteiger partial charge is 0.123 e. The highest BCUT2D eigenvalue weighted by Gasteiger charge is 2.10. The van der Waals surface area contributed by atoms with Crippen LogP contribution in [0, 0.1) is 0 Å². The minimum atomic E-state index is 0.354. The van der Waals surface area contributed by atoms with Crippen LogP contribution in [-0.4, -0.2) is 6.61 Å². The molecule has 0 spiro atoms. The number of benzene rings is 2. The summed E-state index contributed by atoms with van der Waals surface area (Å²) in [4.78, 5) is 0. The van der Waals surface area contributed by atoms with Crippen molar-refractivity contribution in [3.63, 3.8) is 0 Å². The Kier molecular flexibility index (Phi) is 6.27. The molecule has 2 aromatic rings.